The van der Waals surface area contributed by atoms with Gasteiger partial charge in [0.05, 0.1) is 12.8 Å². The number of carbonyl (C=O) groups is 2. The Morgan fingerprint density at radius 1 is 1.22 bits per heavy atom. The molecule has 2 amide bonds. The minimum absolute atomic E-state index is 0.00870. The molecule has 0 saturated heterocycles. The smallest absolute Gasteiger partial charge is 0.228 e. The molecule has 0 N–H and O–H groups in total. The summed E-state index contributed by atoms with van der Waals surface area (Å²) in [4.78, 5) is 28.5. The molecule has 0 radical (unpaired) electrons. The third-order valence-corrected chi connectivity index (χ3v) is 5.01. The molecular weight excluding hydrogens is 364 g/mol. The lowest BCUT2D eigenvalue weighted by Crippen LogP contribution is -2.39. The fourth-order valence-electron chi connectivity index (χ4n) is 3.46. The molecule has 142 valence electrons. The van der Waals surface area contributed by atoms with Crippen molar-refractivity contribution < 1.29 is 14.3 Å². The van der Waals surface area contributed by atoms with E-state index >= 15 is 0 Å². The van der Waals surface area contributed by atoms with Gasteiger partial charge in [-0.15, -0.1) is 0 Å². The highest BCUT2D eigenvalue weighted by Crippen LogP contribution is 2.32. The van der Waals surface area contributed by atoms with Crippen LogP contribution in [0.2, 0.25) is 5.02 Å². The number of halogens is 1. The van der Waals surface area contributed by atoms with Crippen molar-refractivity contribution >= 4 is 34.8 Å². The Balaban J connectivity index is 1.77. The van der Waals surface area contributed by atoms with E-state index in [1.165, 1.54) is 12.5 Å². The number of benzene rings is 2. The zero-order chi connectivity index (χ0) is 19.4. The van der Waals surface area contributed by atoms with Gasteiger partial charge in [-0.25, -0.2) is 0 Å². The van der Waals surface area contributed by atoms with Crippen LogP contribution in [0.25, 0.3) is 0 Å². The summed E-state index contributed by atoms with van der Waals surface area (Å²) in [6.45, 7) is 2.45. The molecule has 2 aromatic rings. The molecular formula is C21H23ClN2O3. The second-order valence-electron chi connectivity index (χ2n) is 6.51. The Morgan fingerprint density at radius 3 is 2.74 bits per heavy atom. The SMILES string of the molecule is COc1ccc(Cl)cc1N(CCC(=O)N1CCCc2ccccc21)C(C)=O. The maximum atomic E-state index is 12.9. The number of fused-ring (bicyclic) bond motifs is 1. The minimum Gasteiger partial charge on any atom is -0.495 e. The maximum Gasteiger partial charge on any atom is 0.228 e. The fourth-order valence-corrected chi connectivity index (χ4v) is 3.62. The monoisotopic (exact) mass is 386 g/mol. The molecule has 5 nitrogen and oxygen atoms in total. The molecule has 0 aromatic heterocycles. The van der Waals surface area contributed by atoms with Crippen molar-refractivity contribution in [3.63, 3.8) is 0 Å². The minimum atomic E-state index is -0.164. The number of amides is 2. The Morgan fingerprint density at radius 2 is 2.00 bits per heavy atom. The topological polar surface area (TPSA) is 49.9 Å². The number of hydrogen-bond donors (Lipinski definition) is 0. The van der Waals surface area contributed by atoms with Gasteiger partial charge >= 0.3 is 0 Å². The summed E-state index contributed by atoms with van der Waals surface area (Å²) in [7, 11) is 1.54. The third-order valence-electron chi connectivity index (χ3n) is 4.77. The van der Waals surface area contributed by atoms with Crippen molar-refractivity contribution in [1.29, 1.82) is 0 Å². The molecule has 1 heterocycles. The molecule has 1 aliphatic rings. The Labute approximate surface area is 164 Å². The summed E-state index contributed by atoms with van der Waals surface area (Å²) >= 11 is 6.09. The second kappa shape index (κ2) is 8.44. The number of ether oxygens (including phenoxy) is 1. The maximum absolute atomic E-state index is 12.9. The molecule has 6 heteroatoms. The van der Waals surface area contributed by atoms with Crippen LogP contribution in [0.5, 0.6) is 5.75 Å². The number of hydrogen-bond acceptors (Lipinski definition) is 3. The first-order valence-electron chi connectivity index (χ1n) is 9.01. The van der Waals surface area contributed by atoms with E-state index in [0.717, 1.165) is 18.5 Å². The van der Waals surface area contributed by atoms with Crippen LogP contribution < -0.4 is 14.5 Å². The van der Waals surface area contributed by atoms with Crippen molar-refractivity contribution in [3.05, 3.63) is 53.1 Å². The van der Waals surface area contributed by atoms with Crippen molar-refractivity contribution in [1.82, 2.24) is 0 Å². The fraction of sp³-hybridized carbons (Fsp3) is 0.333. The van der Waals surface area contributed by atoms with Gasteiger partial charge in [0.2, 0.25) is 11.8 Å². The first-order valence-corrected chi connectivity index (χ1v) is 9.39. The summed E-state index contributed by atoms with van der Waals surface area (Å²) in [6, 6.07) is 13.1. The largest absolute Gasteiger partial charge is 0.495 e. The van der Waals surface area contributed by atoms with Crippen LogP contribution in [0, 0.1) is 0 Å². The summed E-state index contributed by atoms with van der Waals surface area (Å²) in [6.07, 6.45) is 2.16. The van der Waals surface area contributed by atoms with Gasteiger partial charge in [-0.2, -0.15) is 0 Å². The Bertz CT molecular complexity index is 853. The van der Waals surface area contributed by atoms with Gasteiger partial charge in [0.15, 0.2) is 0 Å². The summed E-state index contributed by atoms with van der Waals surface area (Å²) in [5.74, 6) is 0.391. The van der Waals surface area contributed by atoms with Crippen LogP contribution in [-0.4, -0.2) is 32.0 Å². The first-order chi connectivity index (χ1) is 13.0. The van der Waals surface area contributed by atoms with Crippen molar-refractivity contribution in [2.45, 2.75) is 26.2 Å². The van der Waals surface area contributed by atoms with Gasteiger partial charge in [0, 0.05) is 37.1 Å². The quantitative estimate of drug-likeness (QED) is 0.778. The average Bonchev–Trinajstić information content (AvgIpc) is 2.67. The van der Waals surface area contributed by atoms with Crippen LogP contribution in [0.1, 0.15) is 25.3 Å². The van der Waals surface area contributed by atoms with Crippen LogP contribution >= 0.6 is 11.6 Å². The highest BCUT2D eigenvalue weighted by molar-refractivity contribution is 6.31. The Kier molecular flexibility index (Phi) is 6.01. The predicted octanol–water partition coefficient (Wildman–Crippen LogP) is 4.07. The molecule has 0 fully saturated rings. The van der Waals surface area contributed by atoms with E-state index in [4.69, 9.17) is 16.3 Å². The van der Waals surface area contributed by atoms with Crippen LogP contribution in [-0.2, 0) is 16.0 Å². The molecule has 27 heavy (non-hydrogen) atoms. The lowest BCUT2D eigenvalue weighted by Gasteiger charge is -2.30. The zero-order valence-electron chi connectivity index (χ0n) is 15.6. The molecule has 0 spiro atoms. The first kappa shape index (κ1) is 19.2. The van der Waals surface area contributed by atoms with E-state index in [2.05, 4.69) is 6.07 Å². The molecule has 0 bridgehead atoms. The summed E-state index contributed by atoms with van der Waals surface area (Å²) < 4.78 is 5.35. The molecule has 2 aromatic carbocycles. The standard InChI is InChI=1S/C21H23ClN2O3/c1-15(25)23(19-14-17(22)9-10-20(19)27-2)13-11-21(26)24-12-5-7-16-6-3-4-8-18(16)24/h3-4,6,8-10,14H,5,7,11-13H2,1-2H3. The zero-order valence-corrected chi connectivity index (χ0v) is 16.3. The number of rotatable bonds is 5. The van der Waals surface area contributed by atoms with E-state index in [0.29, 0.717) is 23.0 Å². The third kappa shape index (κ3) is 4.25. The van der Waals surface area contributed by atoms with Crippen LogP contribution in [0.3, 0.4) is 0 Å². The number of methoxy groups -OCH3 is 1. The van der Waals surface area contributed by atoms with Gasteiger partial charge < -0.3 is 14.5 Å². The molecule has 1 aliphatic heterocycles. The molecule has 3 rings (SSSR count). The van der Waals surface area contributed by atoms with E-state index < -0.39 is 0 Å². The van der Waals surface area contributed by atoms with Crippen LogP contribution in [0.4, 0.5) is 11.4 Å². The van der Waals surface area contributed by atoms with Crippen molar-refractivity contribution in [2.24, 2.45) is 0 Å². The number of aryl methyl sites for hydroxylation is 1. The number of carbonyl (C=O) groups excluding carboxylic acids is 2. The number of anilines is 2. The van der Waals surface area contributed by atoms with E-state index in [1.54, 1.807) is 30.2 Å². The second-order valence-corrected chi connectivity index (χ2v) is 6.95. The average molecular weight is 387 g/mol. The predicted molar refractivity (Wildman–Crippen MR) is 108 cm³/mol. The molecule has 0 aliphatic carbocycles. The highest BCUT2D eigenvalue weighted by atomic mass is 35.5. The lowest BCUT2D eigenvalue weighted by molar-refractivity contribution is -0.118. The normalized spacial score (nSPS) is 13.1. The van der Waals surface area contributed by atoms with Gasteiger partial charge in [-0.1, -0.05) is 29.8 Å². The highest BCUT2D eigenvalue weighted by Gasteiger charge is 2.24. The van der Waals surface area contributed by atoms with E-state index in [1.807, 2.05) is 23.1 Å². The van der Waals surface area contributed by atoms with Gasteiger partial charge in [0.25, 0.3) is 0 Å². The van der Waals surface area contributed by atoms with Crippen molar-refractivity contribution in [2.75, 3.05) is 30.0 Å². The Hall–Kier alpha value is -2.53. The van der Waals surface area contributed by atoms with Gasteiger partial charge in [-0.05, 0) is 42.7 Å². The molecule has 0 unspecified atom stereocenters. The van der Waals surface area contributed by atoms with Crippen molar-refractivity contribution in [3.8, 4) is 5.75 Å². The number of nitrogens with zero attached hydrogens (tertiary/aromatic N) is 2. The molecule has 0 atom stereocenters. The van der Waals surface area contributed by atoms with Crippen LogP contribution in [0.15, 0.2) is 42.5 Å². The van der Waals surface area contributed by atoms with Gasteiger partial charge in [-0.3, -0.25) is 9.59 Å². The summed E-state index contributed by atoms with van der Waals surface area (Å²) in [5.41, 5.74) is 2.74. The van der Waals surface area contributed by atoms with E-state index in [9.17, 15) is 9.59 Å². The van der Waals surface area contributed by atoms with Gasteiger partial charge in [0.1, 0.15) is 5.75 Å². The summed E-state index contributed by atoms with van der Waals surface area (Å²) in [5, 5.41) is 0.508. The van der Waals surface area contributed by atoms with E-state index in [-0.39, 0.29) is 24.8 Å². The molecule has 0 saturated carbocycles. The number of para-hydroxylation sites is 1. The lowest BCUT2D eigenvalue weighted by atomic mass is 10.0.